The van der Waals surface area contributed by atoms with Crippen LogP contribution >= 0.6 is 15.9 Å². The molecule has 0 spiro atoms. The molecule has 136 valence electrons. The van der Waals surface area contributed by atoms with Crippen molar-refractivity contribution in [2.24, 2.45) is 4.99 Å². The first-order chi connectivity index (χ1) is 12.4. The number of likely N-dealkylation sites (N-methyl/N-ethyl adjacent to an activating group) is 1. The Kier molecular flexibility index (Phi) is 5.24. The third-order valence-electron chi connectivity index (χ3n) is 4.84. The lowest BCUT2D eigenvalue weighted by atomic mass is 9.88. The topological polar surface area (TPSA) is 24.8 Å². The van der Waals surface area contributed by atoms with Crippen LogP contribution in [0.25, 0.3) is 5.57 Å². The third-order valence-corrected chi connectivity index (χ3v) is 5.51. The average Bonchev–Trinajstić information content (AvgIpc) is 2.60. The van der Waals surface area contributed by atoms with E-state index in [1.165, 1.54) is 16.8 Å². The lowest BCUT2D eigenvalue weighted by Crippen LogP contribution is -2.44. The van der Waals surface area contributed by atoms with E-state index >= 15 is 0 Å². The Hall–Kier alpha value is -2.07. The van der Waals surface area contributed by atoms with E-state index in [4.69, 9.17) is 4.74 Å². The van der Waals surface area contributed by atoms with Crippen LogP contribution < -0.4 is 9.64 Å². The smallest absolute Gasteiger partial charge is 0.129 e. The minimum Gasteiger partial charge on any atom is -0.496 e. The summed E-state index contributed by atoms with van der Waals surface area (Å²) in [7, 11) is 1.71. The molecule has 0 N–H and O–H groups in total. The summed E-state index contributed by atoms with van der Waals surface area (Å²) in [6.07, 6.45) is 4.21. The van der Waals surface area contributed by atoms with Crippen LogP contribution in [0.1, 0.15) is 38.8 Å². The number of methoxy groups -OCH3 is 1. The molecule has 3 rings (SSSR count). The highest BCUT2D eigenvalue weighted by Gasteiger charge is 2.31. The molecule has 0 fully saturated rings. The van der Waals surface area contributed by atoms with Gasteiger partial charge in [0.25, 0.3) is 0 Å². The molecule has 3 nitrogen and oxygen atoms in total. The summed E-state index contributed by atoms with van der Waals surface area (Å²) in [6, 6.07) is 12.3. The molecule has 4 heteroatoms. The predicted octanol–water partition coefficient (Wildman–Crippen LogP) is 6.23. The van der Waals surface area contributed by atoms with Gasteiger partial charge in [-0.1, -0.05) is 18.2 Å². The molecule has 0 radical (unpaired) electrons. The van der Waals surface area contributed by atoms with Gasteiger partial charge in [-0.3, -0.25) is 4.99 Å². The summed E-state index contributed by atoms with van der Waals surface area (Å²) in [5, 5.41) is 0. The number of aliphatic imine (C=N–C) groups is 1. The number of benzene rings is 2. The number of rotatable bonds is 4. The van der Waals surface area contributed by atoms with E-state index < -0.39 is 0 Å². The van der Waals surface area contributed by atoms with Gasteiger partial charge in [-0.25, -0.2) is 0 Å². The van der Waals surface area contributed by atoms with Crippen LogP contribution in [-0.4, -0.2) is 25.4 Å². The maximum atomic E-state index is 5.68. The molecule has 26 heavy (non-hydrogen) atoms. The van der Waals surface area contributed by atoms with Crippen molar-refractivity contribution >= 4 is 39.1 Å². The Morgan fingerprint density at radius 1 is 1.23 bits per heavy atom. The molecule has 1 aliphatic rings. The largest absolute Gasteiger partial charge is 0.496 e. The van der Waals surface area contributed by atoms with Crippen LogP contribution in [0.3, 0.4) is 0 Å². The Balaban J connectivity index is 2.09. The fourth-order valence-electron chi connectivity index (χ4n) is 3.67. The number of anilines is 1. The van der Waals surface area contributed by atoms with Crippen molar-refractivity contribution < 1.29 is 4.74 Å². The molecule has 1 heterocycles. The molecule has 1 aliphatic heterocycles. The predicted molar refractivity (Wildman–Crippen MR) is 115 cm³/mol. The number of ether oxygens (including phenoxy) is 1. The van der Waals surface area contributed by atoms with Crippen molar-refractivity contribution in [3.05, 3.63) is 58.1 Å². The fourth-order valence-corrected chi connectivity index (χ4v) is 4.06. The summed E-state index contributed by atoms with van der Waals surface area (Å²) in [4.78, 5) is 7.05. The van der Waals surface area contributed by atoms with Crippen LogP contribution in [0.15, 0.2) is 51.9 Å². The van der Waals surface area contributed by atoms with Gasteiger partial charge < -0.3 is 9.64 Å². The average molecular weight is 413 g/mol. The molecule has 0 saturated heterocycles. The van der Waals surface area contributed by atoms with Crippen molar-refractivity contribution in [2.45, 2.75) is 33.2 Å². The van der Waals surface area contributed by atoms with E-state index in [9.17, 15) is 0 Å². The summed E-state index contributed by atoms with van der Waals surface area (Å²) in [6.45, 7) is 9.80. The van der Waals surface area contributed by atoms with E-state index in [2.05, 4.69) is 71.7 Å². The van der Waals surface area contributed by atoms with Gasteiger partial charge in [0.15, 0.2) is 0 Å². The van der Waals surface area contributed by atoms with Crippen LogP contribution in [0.2, 0.25) is 0 Å². The zero-order chi connectivity index (χ0) is 18.9. The van der Waals surface area contributed by atoms with Gasteiger partial charge in [0.05, 0.1) is 18.3 Å². The number of halogens is 1. The number of hydrogen-bond acceptors (Lipinski definition) is 3. The quantitative estimate of drug-likeness (QED) is 0.555. The van der Waals surface area contributed by atoms with Gasteiger partial charge in [-0.2, -0.15) is 0 Å². The Morgan fingerprint density at radius 2 is 1.96 bits per heavy atom. The van der Waals surface area contributed by atoms with Gasteiger partial charge in [0, 0.05) is 40.1 Å². The van der Waals surface area contributed by atoms with E-state index in [1.807, 2.05) is 30.5 Å². The molecule has 0 saturated carbocycles. The summed E-state index contributed by atoms with van der Waals surface area (Å²) >= 11 is 3.54. The monoisotopic (exact) mass is 412 g/mol. The molecule has 0 aromatic heterocycles. The van der Waals surface area contributed by atoms with Crippen molar-refractivity contribution in [1.82, 2.24) is 0 Å². The first-order valence-corrected chi connectivity index (χ1v) is 9.64. The Bertz CT molecular complexity index is 884. The zero-order valence-corrected chi connectivity index (χ0v) is 17.6. The van der Waals surface area contributed by atoms with Gasteiger partial charge in [-0.05, 0) is 67.4 Å². The van der Waals surface area contributed by atoms with Gasteiger partial charge >= 0.3 is 0 Å². The highest BCUT2D eigenvalue weighted by Crippen LogP contribution is 2.41. The lowest BCUT2D eigenvalue weighted by Gasteiger charge is -2.43. The van der Waals surface area contributed by atoms with Gasteiger partial charge in [-0.15, -0.1) is 0 Å². The summed E-state index contributed by atoms with van der Waals surface area (Å²) in [5.41, 5.74) is 5.60. The first-order valence-electron chi connectivity index (χ1n) is 8.85. The number of para-hydroxylation sites is 1. The second kappa shape index (κ2) is 7.28. The van der Waals surface area contributed by atoms with Crippen LogP contribution in [0.5, 0.6) is 5.75 Å². The van der Waals surface area contributed by atoms with Crippen molar-refractivity contribution in [2.75, 3.05) is 18.6 Å². The molecule has 2 aromatic rings. The minimum atomic E-state index is -0.0125. The highest BCUT2D eigenvalue weighted by molar-refractivity contribution is 9.10. The number of fused-ring (bicyclic) bond motifs is 1. The zero-order valence-electron chi connectivity index (χ0n) is 16.0. The molecule has 0 aliphatic carbocycles. The van der Waals surface area contributed by atoms with Crippen LogP contribution in [0, 0.1) is 0 Å². The van der Waals surface area contributed by atoms with Crippen molar-refractivity contribution in [1.29, 1.82) is 0 Å². The second-order valence-electron chi connectivity index (χ2n) is 7.05. The number of allylic oxidation sites excluding steroid dienone is 1. The third kappa shape index (κ3) is 3.43. The number of nitrogens with zero attached hydrogens (tertiary/aromatic N) is 2. The van der Waals surface area contributed by atoms with E-state index in [0.29, 0.717) is 0 Å². The molecular weight excluding hydrogens is 388 g/mol. The molecule has 2 aromatic carbocycles. The first kappa shape index (κ1) is 18.7. The Morgan fingerprint density at radius 3 is 2.62 bits per heavy atom. The van der Waals surface area contributed by atoms with Crippen LogP contribution in [-0.2, 0) is 0 Å². The lowest BCUT2D eigenvalue weighted by molar-refractivity contribution is 0.413. The second-order valence-corrected chi connectivity index (χ2v) is 7.90. The highest BCUT2D eigenvalue weighted by atomic mass is 79.9. The standard InChI is InChI=1S/C22H25BrN2O/c1-6-25-20-12-21(26-5)16(11-17(20)15(2)13-22(25,3)4)14-24-19-10-8-7-9-18(19)23/h7-14H,6H2,1-5H3. The van der Waals surface area contributed by atoms with Gasteiger partial charge in [0.2, 0.25) is 0 Å². The SMILES string of the molecule is CCN1c2cc(OC)c(C=Nc3ccccc3Br)cc2C(C)=CC1(C)C. The van der Waals surface area contributed by atoms with E-state index in [0.717, 1.165) is 28.0 Å². The molecule has 0 unspecified atom stereocenters. The fraction of sp³-hybridized carbons (Fsp3) is 0.318. The van der Waals surface area contributed by atoms with Gasteiger partial charge in [0.1, 0.15) is 5.75 Å². The normalized spacial score (nSPS) is 15.8. The molecular formula is C22H25BrN2O. The van der Waals surface area contributed by atoms with E-state index in [-0.39, 0.29) is 5.54 Å². The molecule has 0 atom stereocenters. The van der Waals surface area contributed by atoms with Crippen molar-refractivity contribution in [3.63, 3.8) is 0 Å². The van der Waals surface area contributed by atoms with E-state index in [1.54, 1.807) is 7.11 Å². The number of hydrogen-bond donors (Lipinski definition) is 0. The van der Waals surface area contributed by atoms with Crippen LogP contribution in [0.4, 0.5) is 11.4 Å². The summed E-state index contributed by atoms with van der Waals surface area (Å²) in [5.74, 6) is 0.837. The molecule has 0 bridgehead atoms. The molecule has 0 amide bonds. The summed E-state index contributed by atoms with van der Waals surface area (Å²) < 4.78 is 6.65. The van der Waals surface area contributed by atoms with Crippen molar-refractivity contribution in [3.8, 4) is 5.75 Å². The maximum Gasteiger partial charge on any atom is 0.129 e. The minimum absolute atomic E-state index is 0.0125. The Labute approximate surface area is 164 Å². The maximum absolute atomic E-state index is 5.68.